The van der Waals surface area contributed by atoms with Crippen molar-refractivity contribution in [3.05, 3.63) is 35.9 Å². The van der Waals surface area contributed by atoms with Gasteiger partial charge >= 0.3 is 0 Å². The normalized spacial score (nSPS) is 35.6. The highest BCUT2D eigenvalue weighted by Crippen LogP contribution is 2.51. The molecule has 0 spiro atoms. The topological polar surface area (TPSA) is 12.5 Å². The molecule has 104 valence electrons. The van der Waals surface area contributed by atoms with Gasteiger partial charge in [-0.05, 0) is 30.7 Å². The van der Waals surface area contributed by atoms with Crippen LogP contribution in [0, 0.1) is 5.41 Å². The zero-order valence-electron chi connectivity index (χ0n) is 12.5. The third-order valence-corrected chi connectivity index (χ3v) is 4.84. The Hall–Kier alpha value is -0.860. The van der Waals surface area contributed by atoms with Gasteiger partial charge in [-0.3, -0.25) is 4.90 Å². The van der Waals surface area contributed by atoms with Crippen LogP contribution >= 0.6 is 0 Å². The first-order valence-electron chi connectivity index (χ1n) is 7.39. The highest BCUT2D eigenvalue weighted by Gasteiger charge is 2.54. The highest BCUT2D eigenvalue weighted by atomic mass is 16.5. The second kappa shape index (κ2) is 4.32. The van der Waals surface area contributed by atoms with E-state index in [-0.39, 0.29) is 5.72 Å². The molecular formula is C17H25NO. The Bertz CT molecular complexity index is 450. The number of hydrogen-bond donors (Lipinski definition) is 0. The Kier molecular flexibility index (Phi) is 2.99. The van der Waals surface area contributed by atoms with Gasteiger partial charge in [-0.2, -0.15) is 0 Å². The maximum atomic E-state index is 6.18. The third-order valence-electron chi connectivity index (χ3n) is 4.84. The van der Waals surface area contributed by atoms with Crippen LogP contribution in [-0.4, -0.2) is 23.3 Å². The Morgan fingerprint density at radius 1 is 1.21 bits per heavy atom. The second-order valence-corrected chi connectivity index (χ2v) is 7.24. The Labute approximate surface area is 116 Å². The zero-order valence-corrected chi connectivity index (χ0v) is 12.5. The summed E-state index contributed by atoms with van der Waals surface area (Å²) in [7, 11) is 0. The van der Waals surface area contributed by atoms with E-state index in [1.54, 1.807) is 0 Å². The summed E-state index contributed by atoms with van der Waals surface area (Å²) >= 11 is 0. The molecule has 2 fully saturated rings. The molecule has 3 atom stereocenters. The smallest absolute Gasteiger partial charge is 0.119 e. The quantitative estimate of drug-likeness (QED) is 0.756. The van der Waals surface area contributed by atoms with Crippen molar-refractivity contribution in [2.45, 2.75) is 58.3 Å². The molecule has 0 radical (unpaired) electrons. The van der Waals surface area contributed by atoms with E-state index >= 15 is 0 Å². The van der Waals surface area contributed by atoms with Crippen LogP contribution in [0.3, 0.4) is 0 Å². The lowest BCUT2D eigenvalue weighted by atomic mass is 9.84. The summed E-state index contributed by atoms with van der Waals surface area (Å²) in [5.74, 6) is 0. The van der Waals surface area contributed by atoms with E-state index in [4.69, 9.17) is 4.74 Å². The van der Waals surface area contributed by atoms with E-state index in [9.17, 15) is 0 Å². The van der Waals surface area contributed by atoms with Crippen LogP contribution in [0.1, 0.15) is 52.1 Å². The van der Waals surface area contributed by atoms with Crippen LogP contribution in [-0.2, 0) is 4.74 Å². The molecule has 2 aliphatic heterocycles. The van der Waals surface area contributed by atoms with E-state index in [1.807, 2.05) is 0 Å². The molecule has 0 N–H and O–H groups in total. The van der Waals surface area contributed by atoms with Crippen molar-refractivity contribution in [2.24, 2.45) is 5.41 Å². The minimum Gasteiger partial charge on any atom is -0.359 e. The fourth-order valence-electron chi connectivity index (χ4n) is 3.82. The lowest BCUT2D eigenvalue weighted by Gasteiger charge is -2.40. The van der Waals surface area contributed by atoms with Gasteiger partial charge in [-0.15, -0.1) is 0 Å². The van der Waals surface area contributed by atoms with Gasteiger partial charge in [0.25, 0.3) is 0 Å². The van der Waals surface area contributed by atoms with E-state index in [0.29, 0.717) is 17.5 Å². The van der Waals surface area contributed by atoms with Crippen molar-refractivity contribution in [3.63, 3.8) is 0 Å². The number of benzene rings is 1. The van der Waals surface area contributed by atoms with E-state index in [2.05, 4.69) is 62.9 Å². The number of fused-ring (bicyclic) bond motifs is 1. The van der Waals surface area contributed by atoms with Crippen molar-refractivity contribution in [2.75, 3.05) is 6.61 Å². The Morgan fingerprint density at radius 3 is 2.53 bits per heavy atom. The summed E-state index contributed by atoms with van der Waals surface area (Å²) in [4.78, 5) is 2.64. The van der Waals surface area contributed by atoms with Crippen LogP contribution in [0.15, 0.2) is 30.3 Å². The lowest BCUT2D eigenvalue weighted by Crippen LogP contribution is -2.47. The van der Waals surface area contributed by atoms with Gasteiger partial charge in [-0.1, -0.05) is 51.1 Å². The molecule has 2 heterocycles. The number of ether oxygens (including phenoxy) is 1. The molecule has 3 rings (SSSR count). The third kappa shape index (κ3) is 2.11. The van der Waals surface area contributed by atoms with Gasteiger partial charge in [0.1, 0.15) is 5.72 Å². The minimum absolute atomic E-state index is 0.0571. The van der Waals surface area contributed by atoms with Crippen LogP contribution in [0.2, 0.25) is 0 Å². The van der Waals surface area contributed by atoms with Gasteiger partial charge in [0.15, 0.2) is 0 Å². The maximum absolute atomic E-state index is 6.18. The SMILES string of the molecule is CC(C)(C)[C@@H]1CC[C@@]2(C)OC[C@H](c3ccccc3)N12. The monoisotopic (exact) mass is 259 g/mol. The average Bonchev–Trinajstić information content (AvgIpc) is 2.84. The van der Waals surface area contributed by atoms with Gasteiger partial charge in [-0.25, -0.2) is 0 Å². The molecule has 2 nitrogen and oxygen atoms in total. The number of hydrogen-bond acceptors (Lipinski definition) is 2. The zero-order chi connectivity index (χ0) is 13.7. The Morgan fingerprint density at radius 2 is 1.89 bits per heavy atom. The molecule has 2 aliphatic rings. The number of rotatable bonds is 1. The van der Waals surface area contributed by atoms with Gasteiger partial charge in [0.05, 0.1) is 12.6 Å². The van der Waals surface area contributed by atoms with E-state index in [0.717, 1.165) is 13.0 Å². The second-order valence-electron chi connectivity index (χ2n) is 7.24. The van der Waals surface area contributed by atoms with E-state index < -0.39 is 0 Å². The van der Waals surface area contributed by atoms with Gasteiger partial charge < -0.3 is 4.74 Å². The highest BCUT2D eigenvalue weighted by molar-refractivity contribution is 5.22. The Balaban J connectivity index is 1.96. The summed E-state index contributed by atoms with van der Waals surface area (Å²) in [6.07, 6.45) is 2.39. The first-order valence-corrected chi connectivity index (χ1v) is 7.39. The van der Waals surface area contributed by atoms with Crippen molar-refractivity contribution >= 4 is 0 Å². The van der Waals surface area contributed by atoms with Gasteiger partial charge in [0.2, 0.25) is 0 Å². The summed E-state index contributed by atoms with van der Waals surface area (Å²) in [5, 5.41) is 0. The van der Waals surface area contributed by atoms with Gasteiger partial charge in [0, 0.05) is 6.04 Å². The first kappa shape index (κ1) is 13.1. The van der Waals surface area contributed by atoms with Crippen molar-refractivity contribution in [3.8, 4) is 0 Å². The molecule has 0 bridgehead atoms. The van der Waals surface area contributed by atoms with Crippen LogP contribution in [0.25, 0.3) is 0 Å². The molecule has 0 aliphatic carbocycles. The lowest BCUT2D eigenvalue weighted by molar-refractivity contribution is -0.0662. The predicted octanol–water partition coefficient (Wildman–Crippen LogP) is 3.98. The maximum Gasteiger partial charge on any atom is 0.119 e. The molecule has 2 heteroatoms. The van der Waals surface area contributed by atoms with Crippen LogP contribution < -0.4 is 0 Å². The number of nitrogens with zero attached hydrogens (tertiary/aromatic N) is 1. The van der Waals surface area contributed by atoms with Crippen molar-refractivity contribution in [1.82, 2.24) is 4.90 Å². The first-order chi connectivity index (χ1) is 8.92. The summed E-state index contributed by atoms with van der Waals surface area (Å²) in [5.41, 5.74) is 1.64. The largest absolute Gasteiger partial charge is 0.359 e. The fourth-order valence-corrected chi connectivity index (χ4v) is 3.82. The average molecular weight is 259 g/mol. The van der Waals surface area contributed by atoms with E-state index in [1.165, 1.54) is 12.0 Å². The molecule has 1 aromatic rings. The molecule has 2 saturated heterocycles. The minimum atomic E-state index is -0.0571. The van der Waals surface area contributed by atoms with Crippen molar-refractivity contribution < 1.29 is 4.74 Å². The van der Waals surface area contributed by atoms with Crippen molar-refractivity contribution in [1.29, 1.82) is 0 Å². The molecular weight excluding hydrogens is 234 g/mol. The standard InChI is InChI=1S/C17H25NO/c1-16(2,3)15-10-11-17(4)18(15)14(12-19-17)13-8-6-5-7-9-13/h5-9,14-15H,10-12H2,1-4H3/t14-,15+,17-/m1/s1. The summed E-state index contributed by atoms with van der Waals surface area (Å²) in [6.45, 7) is 10.1. The van der Waals surface area contributed by atoms with Crippen LogP contribution in [0.5, 0.6) is 0 Å². The summed E-state index contributed by atoms with van der Waals surface area (Å²) in [6, 6.07) is 11.8. The molecule has 0 amide bonds. The molecule has 0 saturated carbocycles. The molecule has 1 aromatic carbocycles. The molecule has 0 unspecified atom stereocenters. The summed E-state index contributed by atoms with van der Waals surface area (Å²) < 4.78 is 6.18. The molecule has 19 heavy (non-hydrogen) atoms. The molecule has 0 aromatic heterocycles. The van der Waals surface area contributed by atoms with Crippen LogP contribution in [0.4, 0.5) is 0 Å². The fraction of sp³-hybridized carbons (Fsp3) is 0.647. The predicted molar refractivity (Wildman–Crippen MR) is 77.9 cm³/mol.